The maximum atomic E-state index is 11.9. The highest BCUT2D eigenvalue weighted by Crippen LogP contribution is 2.22. The topological polar surface area (TPSA) is 81.4 Å². The largest absolute Gasteiger partial charge is 0.494 e. The number of ether oxygens (including phenoxy) is 1. The van der Waals surface area contributed by atoms with Gasteiger partial charge in [0.25, 0.3) is 5.56 Å². The van der Waals surface area contributed by atoms with Gasteiger partial charge in [-0.25, -0.2) is 4.68 Å². The number of carbonyl (C=O) groups is 1. The van der Waals surface area contributed by atoms with E-state index in [0.29, 0.717) is 12.3 Å². The third-order valence-corrected chi connectivity index (χ3v) is 3.08. The van der Waals surface area contributed by atoms with Gasteiger partial charge in [-0.2, -0.15) is 5.10 Å². The van der Waals surface area contributed by atoms with Crippen LogP contribution < -0.4 is 10.3 Å². The first-order valence-electron chi connectivity index (χ1n) is 7.03. The molecule has 6 nitrogen and oxygen atoms in total. The fraction of sp³-hybridized carbons (Fsp3) is 0.312. The Hall–Kier alpha value is -2.63. The molecule has 1 aromatic heterocycles. The van der Waals surface area contributed by atoms with Crippen molar-refractivity contribution in [2.45, 2.75) is 19.8 Å². The molecule has 0 bridgehead atoms. The molecular weight excluding hydrogens is 284 g/mol. The highest BCUT2D eigenvalue weighted by molar-refractivity contribution is 5.71. The van der Waals surface area contributed by atoms with E-state index >= 15 is 0 Å². The van der Waals surface area contributed by atoms with Crippen molar-refractivity contribution in [3.05, 3.63) is 46.2 Å². The molecule has 6 heteroatoms. The van der Waals surface area contributed by atoms with Gasteiger partial charge in [0.1, 0.15) is 5.75 Å². The molecule has 0 saturated carbocycles. The summed E-state index contributed by atoms with van der Waals surface area (Å²) < 4.78 is 6.74. The van der Waals surface area contributed by atoms with Gasteiger partial charge in [0, 0.05) is 18.2 Å². The van der Waals surface area contributed by atoms with E-state index in [1.165, 1.54) is 13.1 Å². The van der Waals surface area contributed by atoms with Gasteiger partial charge in [-0.15, -0.1) is 0 Å². The van der Waals surface area contributed by atoms with E-state index in [2.05, 4.69) is 5.10 Å². The lowest BCUT2D eigenvalue weighted by atomic mass is 10.1. The van der Waals surface area contributed by atoms with Gasteiger partial charge in [-0.3, -0.25) is 9.59 Å². The normalized spacial score (nSPS) is 10.5. The van der Waals surface area contributed by atoms with Gasteiger partial charge in [0.15, 0.2) is 0 Å². The molecule has 0 aliphatic rings. The molecule has 2 rings (SSSR count). The third-order valence-electron chi connectivity index (χ3n) is 3.08. The molecule has 116 valence electrons. The second-order valence-corrected chi connectivity index (χ2v) is 4.93. The van der Waals surface area contributed by atoms with Gasteiger partial charge >= 0.3 is 5.97 Å². The maximum absolute atomic E-state index is 11.9. The molecule has 22 heavy (non-hydrogen) atoms. The van der Waals surface area contributed by atoms with E-state index in [9.17, 15) is 9.59 Å². The summed E-state index contributed by atoms with van der Waals surface area (Å²) in [5.74, 6) is -0.330. The Morgan fingerprint density at radius 3 is 2.82 bits per heavy atom. The van der Waals surface area contributed by atoms with Crippen molar-refractivity contribution in [2.24, 2.45) is 7.05 Å². The Morgan fingerprint density at radius 1 is 1.36 bits per heavy atom. The molecule has 0 fully saturated rings. The fourth-order valence-electron chi connectivity index (χ4n) is 2.07. The Bertz CT molecular complexity index is 737. The van der Waals surface area contributed by atoms with Gasteiger partial charge in [0.2, 0.25) is 0 Å². The number of rotatable bonds is 6. The van der Waals surface area contributed by atoms with Crippen LogP contribution in [-0.4, -0.2) is 27.5 Å². The predicted octanol–water partition coefficient (Wildman–Crippen LogP) is 1.86. The molecule has 1 aromatic carbocycles. The summed E-state index contributed by atoms with van der Waals surface area (Å²) in [6.45, 7) is 2.64. The minimum absolute atomic E-state index is 0.208. The van der Waals surface area contributed by atoms with Crippen LogP contribution in [0.15, 0.2) is 35.1 Å². The molecule has 2 aromatic rings. The van der Waals surface area contributed by atoms with Crippen molar-refractivity contribution in [3.8, 4) is 17.0 Å². The van der Waals surface area contributed by atoms with E-state index in [-0.39, 0.29) is 12.0 Å². The molecule has 0 saturated heterocycles. The second-order valence-electron chi connectivity index (χ2n) is 4.93. The number of hydrogen-bond acceptors (Lipinski definition) is 4. The number of benzene rings is 1. The average Bonchev–Trinajstić information content (AvgIpc) is 2.49. The lowest BCUT2D eigenvalue weighted by Gasteiger charge is -2.09. The number of carboxylic acids is 1. The number of aliphatic carboxylic acids is 1. The van der Waals surface area contributed by atoms with Crippen LogP contribution in [0.1, 0.15) is 18.9 Å². The van der Waals surface area contributed by atoms with Crippen LogP contribution in [-0.2, 0) is 18.3 Å². The SMILES string of the molecule is CCCOc1cccc(-c2cc(CC(=O)O)c(=O)n(C)n2)c1. The Morgan fingerprint density at radius 2 is 2.14 bits per heavy atom. The van der Waals surface area contributed by atoms with Crippen molar-refractivity contribution >= 4 is 5.97 Å². The second kappa shape index (κ2) is 6.89. The zero-order valence-corrected chi connectivity index (χ0v) is 12.6. The first kappa shape index (κ1) is 15.8. The summed E-state index contributed by atoms with van der Waals surface area (Å²) >= 11 is 0. The molecule has 0 amide bonds. The highest BCUT2D eigenvalue weighted by atomic mass is 16.5. The van der Waals surface area contributed by atoms with Crippen LogP contribution in [0.25, 0.3) is 11.3 Å². The molecule has 0 radical (unpaired) electrons. The summed E-state index contributed by atoms with van der Waals surface area (Å²) in [7, 11) is 1.51. The molecule has 0 unspecified atom stereocenters. The predicted molar refractivity (Wildman–Crippen MR) is 82.0 cm³/mol. The Labute approximate surface area is 128 Å². The van der Waals surface area contributed by atoms with E-state index in [1.807, 2.05) is 31.2 Å². The van der Waals surface area contributed by atoms with Gasteiger partial charge in [-0.05, 0) is 24.6 Å². The van der Waals surface area contributed by atoms with Crippen molar-refractivity contribution in [3.63, 3.8) is 0 Å². The van der Waals surface area contributed by atoms with E-state index < -0.39 is 11.5 Å². The minimum Gasteiger partial charge on any atom is -0.494 e. The summed E-state index contributed by atoms with van der Waals surface area (Å²) in [5.41, 5.74) is 1.13. The standard InChI is InChI=1S/C16H18N2O4/c1-3-7-22-13-6-4-5-11(8-13)14-9-12(10-15(19)20)16(21)18(2)17-14/h4-6,8-9H,3,7,10H2,1-2H3,(H,19,20). The van der Waals surface area contributed by atoms with E-state index in [1.54, 1.807) is 0 Å². The van der Waals surface area contributed by atoms with Crippen molar-refractivity contribution < 1.29 is 14.6 Å². The number of aromatic nitrogens is 2. The lowest BCUT2D eigenvalue weighted by molar-refractivity contribution is -0.136. The van der Waals surface area contributed by atoms with Crippen LogP contribution in [0.4, 0.5) is 0 Å². The lowest BCUT2D eigenvalue weighted by Crippen LogP contribution is -2.25. The highest BCUT2D eigenvalue weighted by Gasteiger charge is 2.11. The van der Waals surface area contributed by atoms with Gasteiger partial charge < -0.3 is 9.84 Å². The van der Waals surface area contributed by atoms with Gasteiger partial charge in [-0.1, -0.05) is 19.1 Å². The number of carboxylic acid groups (broad SMARTS) is 1. The van der Waals surface area contributed by atoms with Crippen molar-refractivity contribution in [1.29, 1.82) is 0 Å². The Kier molecular flexibility index (Phi) is 4.93. The maximum Gasteiger partial charge on any atom is 0.308 e. The van der Waals surface area contributed by atoms with Crippen molar-refractivity contribution in [1.82, 2.24) is 9.78 Å². The quantitative estimate of drug-likeness (QED) is 0.881. The van der Waals surface area contributed by atoms with Crippen LogP contribution >= 0.6 is 0 Å². The summed E-state index contributed by atoms with van der Waals surface area (Å²) in [6.07, 6.45) is 0.583. The third kappa shape index (κ3) is 3.72. The average molecular weight is 302 g/mol. The summed E-state index contributed by atoms with van der Waals surface area (Å²) in [6, 6.07) is 8.88. The molecule has 0 atom stereocenters. The monoisotopic (exact) mass is 302 g/mol. The molecular formula is C16H18N2O4. The molecule has 0 aliphatic heterocycles. The minimum atomic E-state index is -1.05. The number of aryl methyl sites for hydroxylation is 1. The zero-order valence-electron chi connectivity index (χ0n) is 12.6. The first-order valence-corrected chi connectivity index (χ1v) is 7.03. The van der Waals surface area contributed by atoms with Crippen LogP contribution in [0.2, 0.25) is 0 Å². The molecule has 1 N–H and O–H groups in total. The molecule has 1 heterocycles. The fourth-order valence-corrected chi connectivity index (χ4v) is 2.07. The summed E-state index contributed by atoms with van der Waals surface area (Å²) in [4.78, 5) is 22.8. The van der Waals surface area contributed by atoms with Gasteiger partial charge in [0.05, 0.1) is 18.7 Å². The molecule has 0 spiro atoms. The Balaban J connectivity index is 2.42. The zero-order chi connectivity index (χ0) is 16.1. The van der Waals surface area contributed by atoms with Crippen LogP contribution in [0.5, 0.6) is 5.75 Å². The first-order chi connectivity index (χ1) is 10.5. The van der Waals surface area contributed by atoms with E-state index in [4.69, 9.17) is 9.84 Å². The van der Waals surface area contributed by atoms with Crippen LogP contribution in [0.3, 0.4) is 0 Å². The van der Waals surface area contributed by atoms with Crippen molar-refractivity contribution in [2.75, 3.05) is 6.61 Å². The number of nitrogens with zero attached hydrogens (tertiary/aromatic N) is 2. The summed E-state index contributed by atoms with van der Waals surface area (Å²) in [5, 5.41) is 13.1. The van der Waals surface area contributed by atoms with E-state index in [0.717, 1.165) is 22.4 Å². The smallest absolute Gasteiger partial charge is 0.308 e. The molecule has 0 aliphatic carbocycles. The number of hydrogen-bond donors (Lipinski definition) is 1. The van der Waals surface area contributed by atoms with Crippen LogP contribution in [0, 0.1) is 0 Å².